The zero-order chi connectivity index (χ0) is 12.1. The Morgan fingerprint density at radius 1 is 1.62 bits per heavy atom. The van der Waals surface area contributed by atoms with Gasteiger partial charge in [0.25, 0.3) is 11.6 Å². The maximum Gasteiger partial charge on any atom is 0.287 e. The smallest absolute Gasteiger partial charge is 0.287 e. The molecule has 1 N–H and O–H groups in total. The molecule has 0 radical (unpaired) electrons. The van der Waals surface area contributed by atoms with Crippen molar-refractivity contribution >= 4 is 11.6 Å². The molecule has 16 heavy (non-hydrogen) atoms. The molecule has 0 aliphatic carbocycles. The molecule has 0 aromatic carbocycles. The summed E-state index contributed by atoms with van der Waals surface area (Å²) in [5, 5.41) is 13.2. The second-order valence-electron chi connectivity index (χ2n) is 3.56. The van der Waals surface area contributed by atoms with Gasteiger partial charge in [0.2, 0.25) is 0 Å². The average Bonchev–Trinajstić information content (AvgIpc) is 2.61. The van der Waals surface area contributed by atoms with Gasteiger partial charge in [-0.15, -0.1) is 0 Å². The first-order valence-corrected chi connectivity index (χ1v) is 5.15. The third-order valence-electron chi connectivity index (χ3n) is 2.25. The molecule has 0 bridgehead atoms. The molecule has 0 spiro atoms. The van der Waals surface area contributed by atoms with Crippen molar-refractivity contribution in [2.45, 2.75) is 19.8 Å². The van der Waals surface area contributed by atoms with Crippen molar-refractivity contribution in [2.24, 2.45) is 7.05 Å². The number of hydrogen-bond acceptors (Lipinski definition) is 3. The highest BCUT2D eigenvalue weighted by Crippen LogP contribution is 2.14. The summed E-state index contributed by atoms with van der Waals surface area (Å²) >= 11 is 0. The van der Waals surface area contributed by atoms with Gasteiger partial charge in [-0.25, -0.2) is 0 Å². The summed E-state index contributed by atoms with van der Waals surface area (Å²) in [4.78, 5) is 21.6. The summed E-state index contributed by atoms with van der Waals surface area (Å²) in [6.07, 6.45) is 3.22. The number of aromatic nitrogens is 1. The lowest BCUT2D eigenvalue weighted by Gasteiger charge is -2.03. The van der Waals surface area contributed by atoms with E-state index in [0.29, 0.717) is 12.2 Å². The molecule has 0 saturated carbocycles. The van der Waals surface area contributed by atoms with E-state index >= 15 is 0 Å². The maximum atomic E-state index is 11.6. The number of carbonyl (C=O) groups excluding carboxylic acids is 1. The van der Waals surface area contributed by atoms with Gasteiger partial charge >= 0.3 is 0 Å². The first-order chi connectivity index (χ1) is 7.56. The predicted molar refractivity (Wildman–Crippen MR) is 59.3 cm³/mol. The number of aryl methyl sites for hydroxylation is 1. The number of carbonyl (C=O) groups is 1. The molecule has 1 aromatic heterocycles. The monoisotopic (exact) mass is 225 g/mol. The minimum absolute atomic E-state index is 0.0665. The fraction of sp³-hybridized carbons (Fsp3) is 0.500. The Hall–Kier alpha value is -1.85. The molecule has 0 atom stereocenters. The molecule has 1 amide bonds. The van der Waals surface area contributed by atoms with Crippen LogP contribution in [-0.4, -0.2) is 21.9 Å². The lowest BCUT2D eigenvalue weighted by atomic mass is 10.3. The standard InChI is InChI=1S/C10H15N3O3/c1-3-4-5-11-10(14)9-6-8(13(15)16)7-12(9)2/h6-7H,3-5H2,1-2H3,(H,11,14). The number of amides is 1. The van der Waals surface area contributed by atoms with Crippen LogP contribution < -0.4 is 5.32 Å². The van der Waals surface area contributed by atoms with Crippen LogP contribution in [0.1, 0.15) is 30.3 Å². The van der Waals surface area contributed by atoms with Gasteiger partial charge in [0.05, 0.1) is 11.1 Å². The van der Waals surface area contributed by atoms with Gasteiger partial charge in [-0.2, -0.15) is 0 Å². The Bertz CT molecular complexity index is 398. The molecule has 0 aliphatic heterocycles. The normalized spacial score (nSPS) is 10.1. The lowest BCUT2D eigenvalue weighted by Crippen LogP contribution is -2.26. The van der Waals surface area contributed by atoms with Crippen molar-refractivity contribution in [1.29, 1.82) is 0 Å². The first-order valence-electron chi connectivity index (χ1n) is 5.15. The molecule has 0 unspecified atom stereocenters. The number of nitrogens with zero attached hydrogens (tertiary/aromatic N) is 2. The van der Waals surface area contributed by atoms with E-state index in [4.69, 9.17) is 0 Å². The van der Waals surface area contributed by atoms with Crippen LogP contribution >= 0.6 is 0 Å². The largest absolute Gasteiger partial charge is 0.351 e. The fourth-order valence-electron chi connectivity index (χ4n) is 1.34. The third kappa shape index (κ3) is 2.82. The van der Waals surface area contributed by atoms with Crippen LogP contribution in [0.3, 0.4) is 0 Å². The van der Waals surface area contributed by atoms with E-state index in [1.165, 1.54) is 16.8 Å². The fourth-order valence-corrected chi connectivity index (χ4v) is 1.34. The zero-order valence-electron chi connectivity index (χ0n) is 9.40. The Labute approximate surface area is 93.4 Å². The SMILES string of the molecule is CCCCNC(=O)c1cc([N+](=O)[O-])cn1C. The van der Waals surface area contributed by atoms with Crippen LogP contribution in [0.15, 0.2) is 12.3 Å². The molecule has 1 aromatic rings. The van der Waals surface area contributed by atoms with Gasteiger partial charge in [0, 0.05) is 19.7 Å². The van der Waals surface area contributed by atoms with Gasteiger partial charge in [-0.1, -0.05) is 13.3 Å². The van der Waals surface area contributed by atoms with Crippen molar-refractivity contribution in [1.82, 2.24) is 9.88 Å². The first kappa shape index (κ1) is 12.2. The van der Waals surface area contributed by atoms with Crippen molar-refractivity contribution in [3.05, 3.63) is 28.1 Å². The van der Waals surface area contributed by atoms with Crippen molar-refractivity contribution in [2.75, 3.05) is 6.54 Å². The molecule has 0 fully saturated rings. The summed E-state index contributed by atoms with van der Waals surface area (Å²) in [7, 11) is 1.61. The highest BCUT2D eigenvalue weighted by Gasteiger charge is 2.16. The van der Waals surface area contributed by atoms with E-state index in [1.54, 1.807) is 7.05 Å². The molecular weight excluding hydrogens is 210 g/mol. The second kappa shape index (κ2) is 5.29. The van der Waals surface area contributed by atoms with Gasteiger partial charge in [0.15, 0.2) is 0 Å². The molecule has 1 rings (SSSR count). The molecule has 88 valence electrons. The number of rotatable bonds is 5. The molecule has 0 saturated heterocycles. The predicted octanol–water partition coefficient (Wildman–Crippen LogP) is 1.46. The van der Waals surface area contributed by atoms with Gasteiger partial charge < -0.3 is 9.88 Å². The lowest BCUT2D eigenvalue weighted by molar-refractivity contribution is -0.384. The van der Waals surface area contributed by atoms with Crippen LogP contribution in [0.25, 0.3) is 0 Å². The summed E-state index contributed by atoms with van der Waals surface area (Å²) in [6.45, 7) is 2.62. The number of nitro groups is 1. The van der Waals surface area contributed by atoms with E-state index in [9.17, 15) is 14.9 Å². The highest BCUT2D eigenvalue weighted by molar-refractivity contribution is 5.93. The van der Waals surface area contributed by atoms with E-state index in [2.05, 4.69) is 5.32 Å². The quantitative estimate of drug-likeness (QED) is 0.468. The summed E-state index contributed by atoms with van der Waals surface area (Å²) in [6, 6.07) is 1.28. The number of hydrogen-bond donors (Lipinski definition) is 1. The van der Waals surface area contributed by atoms with Gasteiger partial charge in [0.1, 0.15) is 5.69 Å². The number of unbranched alkanes of at least 4 members (excludes halogenated alkanes) is 1. The Balaban J connectivity index is 2.71. The van der Waals surface area contributed by atoms with E-state index in [-0.39, 0.29) is 11.6 Å². The van der Waals surface area contributed by atoms with E-state index in [1.807, 2.05) is 6.92 Å². The van der Waals surface area contributed by atoms with Crippen molar-refractivity contribution in [3.8, 4) is 0 Å². The Morgan fingerprint density at radius 3 is 2.81 bits per heavy atom. The van der Waals surface area contributed by atoms with E-state index < -0.39 is 4.92 Å². The van der Waals surface area contributed by atoms with E-state index in [0.717, 1.165) is 12.8 Å². The van der Waals surface area contributed by atoms with Crippen LogP contribution in [0.5, 0.6) is 0 Å². The van der Waals surface area contributed by atoms with Crippen LogP contribution in [0.2, 0.25) is 0 Å². The maximum absolute atomic E-state index is 11.6. The summed E-state index contributed by atoms with van der Waals surface area (Å²) in [5.74, 6) is -0.274. The minimum atomic E-state index is -0.511. The van der Waals surface area contributed by atoms with Gasteiger partial charge in [-0.05, 0) is 6.42 Å². The van der Waals surface area contributed by atoms with Crippen LogP contribution in [0, 0.1) is 10.1 Å². The summed E-state index contributed by atoms with van der Waals surface area (Å²) in [5.41, 5.74) is 0.242. The third-order valence-corrected chi connectivity index (χ3v) is 2.25. The van der Waals surface area contributed by atoms with Crippen molar-refractivity contribution in [3.63, 3.8) is 0 Å². The van der Waals surface area contributed by atoms with Crippen molar-refractivity contribution < 1.29 is 9.72 Å². The van der Waals surface area contributed by atoms with Gasteiger partial charge in [-0.3, -0.25) is 14.9 Å². The topological polar surface area (TPSA) is 77.2 Å². The molecule has 0 aliphatic rings. The molecule has 6 nitrogen and oxygen atoms in total. The molecule has 6 heteroatoms. The molecule has 1 heterocycles. The number of nitrogens with one attached hydrogen (secondary N) is 1. The average molecular weight is 225 g/mol. The summed E-state index contributed by atoms with van der Waals surface area (Å²) < 4.78 is 1.46. The Morgan fingerprint density at radius 2 is 2.31 bits per heavy atom. The second-order valence-corrected chi connectivity index (χ2v) is 3.56. The van der Waals surface area contributed by atoms with Crippen LogP contribution in [0.4, 0.5) is 5.69 Å². The zero-order valence-corrected chi connectivity index (χ0v) is 9.40. The molecular formula is C10H15N3O3. The minimum Gasteiger partial charge on any atom is -0.351 e. The van der Waals surface area contributed by atoms with Crippen LogP contribution in [-0.2, 0) is 7.05 Å². The Kier molecular flexibility index (Phi) is 4.04. The highest BCUT2D eigenvalue weighted by atomic mass is 16.6.